The van der Waals surface area contributed by atoms with Crippen molar-refractivity contribution >= 4 is 12.0 Å². The van der Waals surface area contributed by atoms with E-state index in [1.165, 1.54) is 7.11 Å². The quantitative estimate of drug-likeness (QED) is 0.597. The second-order valence-electron chi connectivity index (χ2n) is 2.86. The third-order valence-electron chi connectivity index (χ3n) is 1.86. The number of benzene rings is 1. The number of esters is 1. The van der Waals surface area contributed by atoms with Gasteiger partial charge in [-0.15, -0.1) is 0 Å². The third-order valence-corrected chi connectivity index (χ3v) is 1.86. The minimum atomic E-state index is -0.536. The summed E-state index contributed by atoms with van der Waals surface area (Å²) in [6.07, 6.45) is 1.55. The van der Waals surface area contributed by atoms with Crippen LogP contribution in [-0.4, -0.2) is 20.2 Å². The van der Waals surface area contributed by atoms with Gasteiger partial charge >= 0.3 is 5.97 Å². The molecule has 0 saturated heterocycles. The van der Waals surface area contributed by atoms with Gasteiger partial charge in [0.05, 0.1) is 14.2 Å². The van der Waals surface area contributed by atoms with Crippen LogP contribution in [0, 0.1) is 0 Å². The van der Waals surface area contributed by atoms with E-state index in [0.29, 0.717) is 0 Å². The molecule has 0 aliphatic carbocycles. The van der Waals surface area contributed by atoms with Crippen LogP contribution in [0.25, 0.3) is 6.08 Å². The van der Waals surface area contributed by atoms with E-state index in [1.807, 2.05) is 0 Å². The number of rotatable bonds is 3. The van der Waals surface area contributed by atoms with Crippen LogP contribution in [-0.2, 0) is 9.53 Å². The highest BCUT2D eigenvalue weighted by Crippen LogP contribution is 2.13. The fourth-order valence-electron chi connectivity index (χ4n) is 1.06. The summed E-state index contributed by atoms with van der Waals surface area (Å²) in [6, 6.07) is 7.18. The van der Waals surface area contributed by atoms with E-state index < -0.39 is 5.97 Å². The number of hydrogen-bond acceptors (Lipinski definition) is 4. The minimum absolute atomic E-state index is 0.0719. The molecule has 0 atom stereocenters. The van der Waals surface area contributed by atoms with E-state index in [4.69, 9.17) is 10.5 Å². The first-order valence-corrected chi connectivity index (χ1v) is 4.37. The van der Waals surface area contributed by atoms with Crippen LogP contribution in [0.15, 0.2) is 30.0 Å². The van der Waals surface area contributed by atoms with Crippen molar-refractivity contribution in [2.45, 2.75) is 0 Å². The van der Waals surface area contributed by atoms with Gasteiger partial charge in [-0.05, 0) is 23.8 Å². The van der Waals surface area contributed by atoms with E-state index in [1.54, 1.807) is 37.5 Å². The molecule has 0 fully saturated rings. The first-order valence-electron chi connectivity index (χ1n) is 4.37. The second kappa shape index (κ2) is 5.05. The molecule has 0 amide bonds. The molecule has 1 aromatic carbocycles. The number of methoxy groups -OCH3 is 2. The Morgan fingerprint density at radius 1 is 1.27 bits per heavy atom. The molecule has 15 heavy (non-hydrogen) atoms. The lowest BCUT2D eigenvalue weighted by Gasteiger charge is -2.01. The van der Waals surface area contributed by atoms with Crippen LogP contribution in [0.1, 0.15) is 5.56 Å². The molecule has 0 radical (unpaired) electrons. The van der Waals surface area contributed by atoms with Crippen molar-refractivity contribution in [1.82, 2.24) is 0 Å². The fourth-order valence-corrected chi connectivity index (χ4v) is 1.06. The topological polar surface area (TPSA) is 61.5 Å². The van der Waals surface area contributed by atoms with Crippen molar-refractivity contribution in [1.29, 1.82) is 0 Å². The lowest BCUT2D eigenvalue weighted by atomic mass is 10.2. The second-order valence-corrected chi connectivity index (χ2v) is 2.86. The van der Waals surface area contributed by atoms with Crippen LogP contribution >= 0.6 is 0 Å². The van der Waals surface area contributed by atoms with Gasteiger partial charge in [-0.25, -0.2) is 4.79 Å². The van der Waals surface area contributed by atoms with E-state index in [2.05, 4.69) is 4.74 Å². The Bertz CT molecular complexity index is 368. The number of hydrogen-bond donors (Lipinski definition) is 1. The van der Waals surface area contributed by atoms with Crippen molar-refractivity contribution in [2.75, 3.05) is 14.2 Å². The Balaban J connectivity index is 2.84. The molecule has 0 aliphatic rings. The van der Waals surface area contributed by atoms with E-state index in [0.717, 1.165) is 11.3 Å². The highest BCUT2D eigenvalue weighted by molar-refractivity contribution is 5.92. The molecule has 1 rings (SSSR count). The van der Waals surface area contributed by atoms with Gasteiger partial charge in [-0.2, -0.15) is 0 Å². The average Bonchev–Trinajstić information content (AvgIpc) is 2.29. The third kappa shape index (κ3) is 3.02. The number of carbonyl (C=O) groups is 1. The highest BCUT2D eigenvalue weighted by Gasteiger charge is 2.03. The Hall–Kier alpha value is -1.97. The Kier molecular flexibility index (Phi) is 3.74. The van der Waals surface area contributed by atoms with Gasteiger partial charge < -0.3 is 15.2 Å². The lowest BCUT2D eigenvalue weighted by Crippen LogP contribution is -2.12. The average molecular weight is 207 g/mol. The van der Waals surface area contributed by atoms with Crippen molar-refractivity contribution in [2.24, 2.45) is 5.73 Å². The molecular formula is C11H13NO3. The van der Waals surface area contributed by atoms with Crippen molar-refractivity contribution < 1.29 is 14.3 Å². The Labute approximate surface area is 88.3 Å². The molecule has 0 heterocycles. The summed E-state index contributed by atoms with van der Waals surface area (Å²) in [4.78, 5) is 11.0. The zero-order valence-corrected chi connectivity index (χ0v) is 8.69. The monoisotopic (exact) mass is 207 g/mol. The van der Waals surface area contributed by atoms with E-state index in [9.17, 15) is 4.79 Å². The van der Waals surface area contributed by atoms with Crippen LogP contribution in [0.4, 0.5) is 0 Å². The molecule has 0 saturated carbocycles. The summed E-state index contributed by atoms with van der Waals surface area (Å²) in [5, 5.41) is 0. The van der Waals surface area contributed by atoms with Crippen LogP contribution in [0.3, 0.4) is 0 Å². The zero-order valence-electron chi connectivity index (χ0n) is 8.69. The van der Waals surface area contributed by atoms with Gasteiger partial charge in [0.2, 0.25) is 0 Å². The number of carbonyl (C=O) groups excluding carboxylic acids is 1. The normalized spacial score (nSPS) is 10.9. The molecule has 0 spiro atoms. The lowest BCUT2D eigenvalue weighted by molar-refractivity contribution is -0.136. The summed E-state index contributed by atoms with van der Waals surface area (Å²) >= 11 is 0. The standard InChI is InChI=1S/C11H13NO3/c1-14-9-5-3-8(4-6-9)7-10(12)11(13)15-2/h3-7H,12H2,1-2H3/b10-7-. The molecular weight excluding hydrogens is 194 g/mol. The van der Waals surface area contributed by atoms with Crippen LogP contribution in [0.2, 0.25) is 0 Å². The molecule has 2 N–H and O–H groups in total. The summed E-state index contributed by atoms with van der Waals surface area (Å²) in [5.74, 6) is 0.217. The maximum atomic E-state index is 11.0. The predicted octanol–water partition coefficient (Wildman–Crippen LogP) is 1.17. The van der Waals surface area contributed by atoms with Gasteiger partial charge in [0.25, 0.3) is 0 Å². The predicted molar refractivity (Wildman–Crippen MR) is 57.2 cm³/mol. The first-order chi connectivity index (χ1) is 7.17. The van der Waals surface area contributed by atoms with E-state index in [-0.39, 0.29) is 5.70 Å². The Morgan fingerprint density at radius 2 is 1.87 bits per heavy atom. The molecule has 0 aliphatic heterocycles. The SMILES string of the molecule is COC(=O)/C(N)=C/c1ccc(OC)cc1. The van der Waals surface area contributed by atoms with Gasteiger partial charge in [0.1, 0.15) is 11.4 Å². The fraction of sp³-hybridized carbons (Fsp3) is 0.182. The van der Waals surface area contributed by atoms with Crippen molar-refractivity contribution in [3.8, 4) is 5.75 Å². The largest absolute Gasteiger partial charge is 0.497 e. The number of nitrogens with two attached hydrogens (primary N) is 1. The smallest absolute Gasteiger partial charge is 0.353 e. The molecule has 4 nitrogen and oxygen atoms in total. The summed E-state index contributed by atoms with van der Waals surface area (Å²) in [6.45, 7) is 0. The first kappa shape index (κ1) is 11.1. The van der Waals surface area contributed by atoms with Gasteiger partial charge in [0, 0.05) is 0 Å². The molecule has 80 valence electrons. The highest BCUT2D eigenvalue weighted by atomic mass is 16.5. The molecule has 0 unspecified atom stereocenters. The zero-order chi connectivity index (χ0) is 11.3. The Morgan fingerprint density at radius 3 is 2.33 bits per heavy atom. The molecule has 4 heteroatoms. The van der Waals surface area contributed by atoms with Crippen molar-refractivity contribution in [3.05, 3.63) is 35.5 Å². The molecule has 0 aromatic heterocycles. The van der Waals surface area contributed by atoms with Crippen LogP contribution in [0.5, 0.6) is 5.75 Å². The molecule has 1 aromatic rings. The maximum absolute atomic E-state index is 11.0. The maximum Gasteiger partial charge on any atom is 0.353 e. The summed E-state index contributed by atoms with van der Waals surface area (Å²) < 4.78 is 9.47. The summed E-state index contributed by atoms with van der Waals surface area (Å²) in [5.41, 5.74) is 6.38. The van der Waals surface area contributed by atoms with Gasteiger partial charge in [-0.1, -0.05) is 12.1 Å². The van der Waals surface area contributed by atoms with E-state index >= 15 is 0 Å². The van der Waals surface area contributed by atoms with Crippen molar-refractivity contribution in [3.63, 3.8) is 0 Å². The number of ether oxygens (including phenoxy) is 2. The summed E-state index contributed by atoms with van der Waals surface area (Å²) in [7, 11) is 2.88. The van der Waals surface area contributed by atoms with Crippen LogP contribution < -0.4 is 10.5 Å². The van der Waals surface area contributed by atoms with Gasteiger partial charge in [-0.3, -0.25) is 0 Å². The van der Waals surface area contributed by atoms with Gasteiger partial charge in [0.15, 0.2) is 0 Å². The minimum Gasteiger partial charge on any atom is -0.497 e. The molecule has 0 bridgehead atoms.